The molecule has 5 nitrogen and oxygen atoms in total. The van der Waals surface area contributed by atoms with Crippen LogP contribution in [0.2, 0.25) is 0 Å². The molecule has 2 aromatic carbocycles. The van der Waals surface area contributed by atoms with Gasteiger partial charge in [-0.2, -0.15) is 4.98 Å². The first-order valence-corrected chi connectivity index (χ1v) is 9.47. The van der Waals surface area contributed by atoms with Crippen LogP contribution >= 0.6 is 0 Å². The fourth-order valence-electron chi connectivity index (χ4n) is 3.63. The highest BCUT2D eigenvalue weighted by atomic mass is 19.1. The van der Waals surface area contributed by atoms with Gasteiger partial charge in [0.25, 0.3) is 6.01 Å². The molecule has 0 saturated heterocycles. The Bertz CT molecular complexity index is 1140. The summed E-state index contributed by atoms with van der Waals surface area (Å²) in [6.07, 6.45) is 0.746. The lowest BCUT2D eigenvalue weighted by Gasteiger charge is -2.24. The number of anilines is 1. The Balaban J connectivity index is 1.48. The molecule has 0 atom stereocenters. The van der Waals surface area contributed by atoms with Crippen molar-refractivity contribution in [1.82, 2.24) is 10.1 Å². The molecule has 0 amide bonds. The van der Waals surface area contributed by atoms with E-state index in [1.165, 1.54) is 17.7 Å². The van der Waals surface area contributed by atoms with Gasteiger partial charge in [-0.3, -0.25) is 0 Å². The maximum Gasteiger partial charge on any atom is 0.298 e. The SMILES string of the molecule is CC(C)c1ccc2oc(N3CCc4noc(-c5ccc(F)cc5)c4C3)nc2c1. The van der Waals surface area contributed by atoms with Gasteiger partial charge in [-0.15, -0.1) is 0 Å². The average molecular weight is 377 g/mol. The largest absolute Gasteiger partial charge is 0.423 e. The van der Waals surface area contributed by atoms with Crippen LogP contribution in [-0.2, 0) is 13.0 Å². The summed E-state index contributed by atoms with van der Waals surface area (Å²) >= 11 is 0. The Morgan fingerprint density at radius 2 is 1.93 bits per heavy atom. The third-order valence-corrected chi connectivity index (χ3v) is 5.28. The summed E-state index contributed by atoms with van der Waals surface area (Å²) < 4.78 is 24.8. The van der Waals surface area contributed by atoms with Crippen LogP contribution in [0.25, 0.3) is 22.4 Å². The van der Waals surface area contributed by atoms with E-state index in [2.05, 4.69) is 36.0 Å². The number of aromatic nitrogens is 2. The van der Waals surface area contributed by atoms with Gasteiger partial charge in [0, 0.05) is 24.1 Å². The Kier molecular flexibility index (Phi) is 3.93. The van der Waals surface area contributed by atoms with Gasteiger partial charge in [0.1, 0.15) is 11.3 Å². The van der Waals surface area contributed by atoms with E-state index < -0.39 is 0 Å². The molecule has 6 heteroatoms. The Morgan fingerprint density at radius 3 is 2.71 bits per heavy atom. The van der Waals surface area contributed by atoms with E-state index in [0.29, 0.717) is 24.2 Å². The topological polar surface area (TPSA) is 55.3 Å². The zero-order valence-corrected chi connectivity index (χ0v) is 15.8. The minimum Gasteiger partial charge on any atom is -0.423 e. The molecule has 0 fully saturated rings. The first-order chi connectivity index (χ1) is 13.6. The highest BCUT2D eigenvalue weighted by molar-refractivity contribution is 5.76. The summed E-state index contributed by atoms with van der Waals surface area (Å²) in [4.78, 5) is 6.81. The minimum atomic E-state index is -0.272. The van der Waals surface area contributed by atoms with E-state index >= 15 is 0 Å². The monoisotopic (exact) mass is 377 g/mol. The van der Waals surface area contributed by atoms with Crippen LogP contribution in [0.15, 0.2) is 51.4 Å². The molecule has 142 valence electrons. The highest BCUT2D eigenvalue weighted by Crippen LogP contribution is 2.33. The maximum atomic E-state index is 13.3. The third kappa shape index (κ3) is 2.85. The van der Waals surface area contributed by atoms with Gasteiger partial charge in [-0.05, 0) is 47.9 Å². The van der Waals surface area contributed by atoms with Crippen LogP contribution in [0.4, 0.5) is 10.4 Å². The molecule has 0 saturated carbocycles. The number of halogens is 1. The first kappa shape index (κ1) is 17.0. The van der Waals surface area contributed by atoms with Gasteiger partial charge in [0.2, 0.25) is 0 Å². The molecule has 5 rings (SSSR count). The number of oxazole rings is 1. The second-order valence-corrected chi connectivity index (χ2v) is 7.49. The van der Waals surface area contributed by atoms with Crippen molar-refractivity contribution < 1.29 is 13.3 Å². The molecule has 4 aromatic rings. The lowest BCUT2D eigenvalue weighted by molar-refractivity contribution is 0.423. The van der Waals surface area contributed by atoms with Crippen molar-refractivity contribution in [2.75, 3.05) is 11.4 Å². The maximum absolute atomic E-state index is 13.3. The van der Waals surface area contributed by atoms with Crippen LogP contribution in [0.5, 0.6) is 0 Å². The second kappa shape index (κ2) is 6.48. The summed E-state index contributed by atoms with van der Waals surface area (Å²) in [5.41, 5.74) is 5.66. The normalized spacial score (nSPS) is 14.1. The van der Waals surface area contributed by atoms with Crippen molar-refractivity contribution in [2.24, 2.45) is 0 Å². The number of benzene rings is 2. The molecule has 0 radical (unpaired) electrons. The standard InChI is InChI=1S/C22H20FN3O2/c1-13(2)15-5-8-20-19(11-15)24-22(27-20)26-10-9-18-17(12-26)21(28-25-18)14-3-6-16(23)7-4-14/h3-8,11,13H,9-10,12H2,1-2H3. The lowest BCUT2D eigenvalue weighted by atomic mass is 10.0. The predicted molar refractivity (Wildman–Crippen MR) is 105 cm³/mol. The molecule has 0 bridgehead atoms. The molecule has 2 aromatic heterocycles. The Hall–Kier alpha value is -3.15. The molecule has 0 spiro atoms. The summed E-state index contributed by atoms with van der Waals surface area (Å²) in [6.45, 7) is 5.68. The number of fused-ring (bicyclic) bond motifs is 2. The molecule has 1 aliphatic heterocycles. The van der Waals surface area contributed by atoms with Gasteiger partial charge < -0.3 is 13.8 Å². The van der Waals surface area contributed by atoms with Gasteiger partial charge in [-0.25, -0.2) is 4.39 Å². The summed E-state index contributed by atoms with van der Waals surface area (Å²) in [5.74, 6) is 0.848. The highest BCUT2D eigenvalue weighted by Gasteiger charge is 2.27. The molecular weight excluding hydrogens is 357 g/mol. The molecule has 28 heavy (non-hydrogen) atoms. The first-order valence-electron chi connectivity index (χ1n) is 9.47. The zero-order chi connectivity index (χ0) is 19.3. The number of hydrogen-bond donors (Lipinski definition) is 0. The van der Waals surface area contributed by atoms with Crippen molar-refractivity contribution in [3.63, 3.8) is 0 Å². The quantitative estimate of drug-likeness (QED) is 0.484. The second-order valence-electron chi connectivity index (χ2n) is 7.49. The summed E-state index contributed by atoms with van der Waals surface area (Å²) in [5, 5.41) is 4.21. The summed E-state index contributed by atoms with van der Waals surface area (Å²) in [7, 11) is 0. The van der Waals surface area contributed by atoms with E-state index in [0.717, 1.165) is 40.9 Å². The van der Waals surface area contributed by atoms with Gasteiger partial charge in [-0.1, -0.05) is 25.1 Å². The molecule has 3 heterocycles. The van der Waals surface area contributed by atoms with Crippen LogP contribution in [0.3, 0.4) is 0 Å². The van der Waals surface area contributed by atoms with Crippen LogP contribution in [0, 0.1) is 5.82 Å². The lowest BCUT2D eigenvalue weighted by Crippen LogP contribution is -2.30. The van der Waals surface area contributed by atoms with Crippen LogP contribution < -0.4 is 4.90 Å². The van der Waals surface area contributed by atoms with Crippen molar-refractivity contribution >= 4 is 17.1 Å². The van der Waals surface area contributed by atoms with Gasteiger partial charge >= 0.3 is 0 Å². The fraction of sp³-hybridized carbons (Fsp3) is 0.273. The third-order valence-electron chi connectivity index (χ3n) is 5.28. The molecule has 1 aliphatic rings. The molecule has 0 unspecified atom stereocenters. The smallest absolute Gasteiger partial charge is 0.298 e. The van der Waals surface area contributed by atoms with Crippen LogP contribution in [-0.4, -0.2) is 16.7 Å². The molecule has 0 N–H and O–H groups in total. The van der Waals surface area contributed by atoms with Crippen molar-refractivity contribution in [3.05, 3.63) is 65.1 Å². The van der Waals surface area contributed by atoms with E-state index in [1.807, 2.05) is 6.07 Å². The van der Waals surface area contributed by atoms with Gasteiger partial charge in [0.15, 0.2) is 11.3 Å². The van der Waals surface area contributed by atoms with Crippen molar-refractivity contribution in [3.8, 4) is 11.3 Å². The minimum absolute atomic E-state index is 0.272. The Morgan fingerprint density at radius 1 is 1.11 bits per heavy atom. The summed E-state index contributed by atoms with van der Waals surface area (Å²) in [6, 6.07) is 13.0. The number of nitrogens with zero attached hydrogens (tertiary/aromatic N) is 3. The van der Waals surface area contributed by atoms with Crippen LogP contribution in [0.1, 0.15) is 36.6 Å². The number of rotatable bonds is 3. The van der Waals surface area contributed by atoms with Gasteiger partial charge in [0.05, 0.1) is 12.2 Å². The Labute approximate surface area is 161 Å². The zero-order valence-electron chi connectivity index (χ0n) is 15.8. The van der Waals surface area contributed by atoms with E-state index in [-0.39, 0.29) is 5.82 Å². The van der Waals surface area contributed by atoms with E-state index in [1.54, 1.807) is 12.1 Å². The molecular formula is C22H20FN3O2. The number of hydrogen-bond acceptors (Lipinski definition) is 5. The molecule has 0 aliphatic carbocycles. The average Bonchev–Trinajstić information content (AvgIpc) is 3.31. The van der Waals surface area contributed by atoms with Crippen molar-refractivity contribution in [2.45, 2.75) is 32.7 Å². The fourth-order valence-corrected chi connectivity index (χ4v) is 3.63. The van der Waals surface area contributed by atoms with Crippen molar-refractivity contribution in [1.29, 1.82) is 0 Å². The predicted octanol–water partition coefficient (Wildman–Crippen LogP) is 5.31. The van der Waals surface area contributed by atoms with E-state index in [9.17, 15) is 4.39 Å². The van der Waals surface area contributed by atoms with E-state index in [4.69, 9.17) is 13.9 Å².